The molecule has 0 saturated carbocycles. The third kappa shape index (κ3) is 3.85. The van der Waals surface area contributed by atoms with E-state index in [4.69, 9.17) is 0 Å². The maximum Gasteiger partial charge on any atom is 0.243 e. The minimum Gasteiger partial charge on any atom is -0.351 e. The Labute approximate surface area is 120 Å². The highest BCUT2D eigenvalue weighted by atomic mass is 32.2. The van der Waals surface area contributed by atoms with Crippen molar-refractivity contribution < 1.29 is 13.2 Å². The zero-order valence-electron chi connectivity index (χ0n) is 12.0. The van der Waals surface area contributed by atoms with Crippen LogP contribution in [0.25, 0.3) is 0 Å². The number of sulfone groups is 1. The number of aromatic nitrogens is 1. The van der Waals surface area contributed by atoms with Gasteiger partial charge in [0.1, 0.15) is 6.04 Å². The van der Waals surface area contributed by atoms with Crippen LogP contribution in [0.5, 0.6) is 0 Å². The Morgan fingerprint density at radius 3 is 2.50 bits per heavy atom. The van der Waals surface area contributed by atoms with E-state index in [1.807, 2.05) is 29.1 Å². The largest absolute Gasteiger partial charge is 0.351 e. The maximum atomic E-state index is 12.4. The number of nitrogens with zero attached hydrogens (tertiary/aromatic N) is 1. The third-order valence-corrected chi connectivity index (χ3v) is 5.33. The first-order valence-corrected chi connectivity index (χ1v) is 8.83. The van der Waals surface area contributed by atoms with Crippen molar-refractivity contribution in [2.75, 3.05) is 11.5 Å². The predicted molar refractivity (Wildman–Crippen MR) is 78.1 cm³/mol. The molecule has 2 rings (SSSR count). The Morgan fingerprint density at radius 2 is 2.00 bits per heavy atom. The third-order valence-electron chi connectivity index (χ3n) is 3.56. The van der Waals surface area contributed by atoms with Gasteiger partial charge in [-0.3, -0.25) is 4.79 Å². The van der Waals surface area contributed by atoms with Gasteiger partial charge in [0.05, 0.1) is 11.5 Å². The first-order chi connectivity index (χ1) is 9.37. The topological polar surface area (TPSA) is 68.2 Å². The van der Waals surface area contributed by atoms with Crippen molar-refractivity contribution >= 4 is 15.7 Å². The fraction of sp³-hybridized carbons (Fsp3) is 0.643. The Kier molecular flexibility index (Phi) is 4.52. The normalized spacial score (nSPS) is 22.9. The number of hydrogen-bond donors (Lipinski definition) is 1. The molecule has 112 valence electrons. The van der Waals surface area contributed by atoms with Crippen molar-refractivity contribution in [2.45, 2.75) is 38.8 Å². The smallest absolute Gasteiger partial charge is 0.243 e. The van der Waals surface area contributed by atoms with E-state index in [0.29, 0.717) is 12.3 Å². The molecule has 6 heteroatoms. The number of nitrogens with one attached hydrogen (secondary N) is 1. The molecule has 0 aromatic carbocycles. The van der Waals surface area contributed by atoms with E-state index in [2.05, 4.69) is 19.2 Å². The van der Waals surface area contributed by atoms with Gasteiger partial charge in [0.25, 0.3) is 0 Å². The van der Waals surface area contributed by atoms with Gasteiger partial charge in [0.2, 0.25) is 5.91 Å². The van der Waals surface area contributed by atoms with E-state index >= 15 is 0 Å². The lowest BCUT2D eigenvalue weighted by atomic mass is 10.0. The molecule has 2 atom stereocenters. The monoisotopic (exact) mass is 298 g/mol. The molecule has 1 saturated heterocycles. The highest BCUT2D eigenvalue weighted by Crippen LogP contribution is 2.19. The van der Waals surface area contributed by atoms with Crippen LogP contribution in [-0.4, -0.2) is 36.4 Å². The molecule has 2 heterocycles. The molecule has 0 unspecified atom stereocenters. The standard InChI is InChI=1S/C14H22N2O3S/c1-11(2)9-13(16-6-3-4-7-16)14(17)15-12-5-8-20(18,19)10-12/h3-4,6-7,11-13H,5,8-10H2,1-2H3,(H,15,17)/t12-,13+/m1/s1. The lowest BCUT2D eigenvalue weighted by molar-refractivity contribution is -0.125. The summed E-state index contributed by atoms with van der Waals surface area (Å²) in [6.45, 7) is 4.15. The summed E-state index contributed by atoms with van der Waals surface area (Å²) in [4.78, 5) is 12.4. The number of hydrogen-bond acceptors (Lipinski definition) is 3. The molecule has 1 aliphatic rings. The molecule has 1 aromatic rings. The van der Waals surface area contributed by atoms with Gasteiger partial charge in [-0.25, -0.2) is 8.42 Å². The lowest BCUT2D eigenvalue weighted by Crippen LogP contribution is -2.40. The van der Waals surface area contributed by atoms with Crippen LogP contribution in [0.3, 0.4) is 0 Å². The van der Waals surface area contributed by atoms with Crippen LogP contribution in [-0.2, 0) is 14.6 Å². The van der Waals surface area contributed by atoms with Gasteiger partial charge in [-0.15, -0.1) is 0 Å². The highest BCUT2D eigenvalue weighted by molar-refractivity contribution is 7.91. The SMILES string of the molecule is CC(C)C[C@@H](C(=O)N[C@@H]1CCS(=O)(=O)C1)n1cccc1. The minimum absolute atomic E-state index is 0.0683. The molecule has 0 spiro atoms. The quantitative estimate of drug-likeness (QED) is 0.893. The molecule has 0 aliphatic carbocycles. The Hall–Kier alpha value is -1.30. The van der Waals surface area contributed by atoms with Crippen LogP contribution in [0.2, 0.25) is 0 Å². The van der Waals surface area contributed by atoms with E-state index in [9.17, 15) is 13.2 Å². The van der Waals surface area contributed by atoms with Gasteiger partial charge in [-0.05, 0) is 30.9 Å². The molecule has 1 amide bonds. The van der Waals surface area contributed by atoms with Crippen molar-refractivity contribution in [2.24, 2.45) is 5.92 Å². The Bertz CT molecular complexity index is 549. The van der Waals surface area contributed by atoms with Gasteiger partial charge in [0, 0.05) is 18.4 Å². The lowest BCUT2D eigenvalue weighted by Gasteiger charge is -2.22. The fourth-order valence-electron chi connectivity index (χ4n) is 2.57. The second-order valence-electron chi connectivity index (χ2n) is 5.88. The van der Waals surface area contributed by atoms with E-state index in [-0.39, 0.29) is 29.5 Å². The number of carbonyl (C=O) groups is 1. The molecule has 1 aliphatic heterocycles. The zero-order chi connectivity index (χ0) is 14.8. The fourth-order valence-corrected chi connectivity index (χ4v) is 4.25. The summed E-state index contributed by atoms with van der Waals surface area (Å²) < 4.78 is 24.8. The molecule has 20 heavy (non-hydrogen) atoms. The average Bonchev–Trinajstić information content (AvgIpc) is 2.95. The van der Waals surface area contributed by atoms with E-state index < -0.39 is 9.84 Å². The summed E-state index contributed by atoms with van der Waals surface area (Å²) in [5.41, 5.74) is 0. The first-order valence-electron chi connectivity index (χ1n) is 7.00. The number of amides is 1. The predicted octanol–water partition coefficient (Wildman–Crippen LogP) is 1.38. The number of carbonyl (C=O) groups excluding carboxylic acids is 1. The van der Waals surface area contributed by atoms with Gasteiger partial charge < -0.3 is 9.88 Å². The molecular weight excluding hydrogens is 276 g/mol. The Morgan fingerprint density at radius 1 is 1.35 bits per heavy atom. The highest BCUT2D eigenvalue weighted by Gasteiger charge is 2.31. The van der Waals surface area contributed by atoms with Crippen LogP contribution < -0.4 is 5.32 Å². The molecule has 0 bridgehead atoms. The van der Waals surface area contributed by atoms with Crippen LogP contribution in [0.15, 0.2) is 24.5 Å². The molecule has 0 radical (unpaired) electrons. The van der Waals surface area contributed by atoms with Gasteiger partial charge in [-0.1, -0.05) is 13.8 Å². The van der Waals surface area contributed by atoms with Crippen LogP contribution >= 0.6 is 0 Å². The van der Waals surface area contributed by atoms with Crippen molar-refractivity contribution in [3.05, 3.63) is 24.5 Å². The first kappa shape index (κ1) is 15.1. The zero-order valence-corrected chi connectivity index (χ0v) is 12.8. The van der Waals surface area contributed by atoms with Crippen LogP contribution in [0.1, 0.15) is 32.7 Å². The van der Waals surface area contributed by atoms with Gasteiger partial charge in [-0.2, -0.15) is 0 Å². The Balaban J connectivity index is 2.04. The van der Waals surface area contributed by atoms with Crippen LogP contribution in [0.4, 0.5) is 0 Å². The summed E-state index contributed by atoms with van der Waals surface area (Å²) >= 11 is 0. The van der Waals surface area contributed by atoms with E-state index in [1.54, 1.807) is 0 Å². The van der Waals surface area contributed by atoms with Crippen LogP contribution in [0, 0.1) is 5.92 Å². The molecule has 5 nitrogen and oxygen atoms in total. The minimum atomic E-state index is -2.97. The molecule has 1 N–H and O–H groups in total. The van der Waals surface area contributed by atoms with E-state index in [1.165, 1.54) is 0 Å². The maximum absolute atomic E-state index is 12.4. The summed E-state index contributed by atoms with van der Waals surface area (Å²) in [6.07, 6.45) is 5.00. The van der Waals surface area contributed by atoms with Gasteiger partial charge in [0.15, 0.2) is 9.84 Å². The number of rotatable bonds is 5. The summed E-state index contributed by atoms with van der Waals surface area (Å²) in [5.74, 6) is 0.548. The van der Waals surface area contributed by atoms with Crippen molar-refractivity contribution in [1.29, 1.82) is 0 Å². The van der Waals surface area contributed by atoms with Gasteiger partial charge >= 0.3 is 0 Å². The summed E-state index contributed by atoms with van der Waals surface area (Å²) in [7, 11) is -2.97. The molecular formula is C14H22N2O3S. The average molecular weight is 298 g/mol. The van der Waals surface area contributed by atoms with Crippen molar-refractivity contribution in [3.8, 4) is 0 Å². The second kappa shape index (κ2) is 5.99. The van der Waals surface area contributed by atoms with Crippen molar-refractivity contribution in [1.82, 2.24) is 9.88 Å². The summed E-state index contributed by atoms with van der Waals surface area (Å²) in [6, 6.07) is 3.27. The second-order valence-corrected chi connectivity index (χ2v) is 8.11. The molecule has 1 fully saturated rings. The molecule has 1 aromatic heterocycles. The van der Waals surface area contributed by atoms with Crippen molar-refractivity contribution in [3.63, 3.8) is 0 Å². The van der Waals surface area contributed by atoms with E-state index in [0.717, 1.165) is 6.42 Å². The summed E-state index contributed by atoms with van der Waals surface area (Å²) in [5, 5.41) is 2.89.